The molecule has 0 heterocycles. The molecule has 0 saturated carbocycles. The van der Waals surface area contributed by atoms with Gasteiger partial charge in [0.25, 0.3) is 0 Å². The molecule has 128 valence electrons. The Morgan fingerprint density at radius 3 is 1.32 bits per heavy atom. The second-order valence-electron chi connectivity index (χ2n) is 8.12. The fourth-order valence-electron chi connectivity index (χ4n) is 5.12. The summed E-state index contributed by atoms with van der Waals surface area (Å²) in [6.45, 7) is 20.7. The Bertz CT molecular complexity index is 1200. The highest BCUT2D eigenvalue weighted by Gasteiger charge is 2.22. The number of hydrogen-bond donors (Lipinski definition) is 0. The van der Waals surface area contributed by atoms with Gasteiger partial charge in [-0.3, -0.25) is 0 Å². The third kappa shape index (κ3) is 1.78. The van der Waals surface area contributed by atoms with Gasteiger partial charge in [0.05, 0.1) is 0 Å². The second-order valence-corrected chi connectivity index (χ2v) is 8.12. The molecular formula is C25H28. The maximum atomic E-state index is 2.43. The SMILES string of the molecule is Cc1c(C)c2cc(C)c3c(C)c(C)c(C)c4c(C)c(C)c(c1C)c2c34. The van der Waals surface area contributed by atoms with E-state index in [1.54, 1.807) is 0 Å². The summed E-state index contributed by atoms with van der Waals surface area (Å²) in [4.78, 5) is 0. The van der Waals surface area contributed by atoms with Crippen LogP contribution in [0.5, 0.6) is 0 Å². The molecule has 0 heteroatoms. The predicted molar refractivity (Wildman–Crippen MR) is 113 cm³/mol. The fourth-order valence-corrected chi connectivity index (χ4v) is 5.12. The van der Waals surface area contributed by atoms with Gasteiger partial charge in [-0.2, -0.15) is 0 Å². The van der Waals surface area contributed by atoms with Crippen molar-refractivity contribution in [1.82, 2.24) is 0 Å². The first-order valence-corrected chi connectivity index (χ1v) is 9.33. The average Bonchev–Trinajstić information content (AvgIpc) is 2.57. The molecule has 0 aromatic heterocycles. The zero-order chi connectivity index (χ0) is 18.4. The van der Waals surface area contributed by atoms with Crippen LogP contribution < -0.4 is 0 Å². The minimum atomic E-state index is 1.41. The summed E-state index contributed by atoms with van der Waals surface area (Å²) < 4.78 is 0. The van der Waals surface area contributed by atoms with Crippen LogP contribution in [0.2, 0.25) is 0 Å². The first kappa shape index (κ1) is 16.4. The maximum absolute atomic E-state index is 2.43. The Labute approximate surface area is 151 Å². The van der Waals surface area contributed by atoms with Crippen LogP contribution in [0.1, 0.15) is 50.1 Å². The quantitative estimate of drug-likeness (QED) is 0.296. The van der Waals surface area contributed by atoms with Crippen LogP contribution in [0.3, 0.4) is 0 Å². The number of benzene rings is 4. The average molecular weight is 328 g/mol. The van der Waals surface area contributed by atoms with Gasteiger partial charge < -0.3 is 0 Å². The van der Waals surface area contributed by atoms with Crippen LogP contribution in [0.15, 0.2) is 6.07 Å². The van der Waals surface area contributed by atoms with Gasteiger partial charge in [-0.15, -0.1) is 0 Å². The van der Waals surface area contributed by atoms with Gasteiger partial charge in [0.15, 0.2) is 0 Å². The van der Waals surface area contributed by atoms with Crippen LogP contribution in [0, 0.1) is 62.3 Å². The monoisotopic (exact) mass is 328 g/mol. The zero-order valence-corrected chi connectivity index (χ0v) is 17.1. The molecule has 0 amide bonds. The van der Waals surface area contributed by atoms with Crippen LogP contribution in [-0.2, 0) is 0 Å². The second kappa shape index (κ2) is 4.97. The minimum Gasteiger partial charge on any atom is -0.0505 e. The molecule has 0 aliphatic rings. The Hall–Kier alpha value is -2.08. The normalized spacial score (nSPS) is 12.2. The number of aryl methyl sites for hydroxylation is 7. The standard InChI is InChI=1S/C25H28/c1-11-10-20-14(4)12(2)16(6)22-18(8)19(9)23-17(7)13(3)15(5)21(11)25(23)24(20)22/h10H,1-9H3. The largest absolute Gasteiger partial charge is 0.0505 e. The van der Waals surface area contributed by atoms with Gasteiger partial charge >= 0.3 is 0 Å². The molecule has 0 aliphatic carbocycles. The lowest BCUT2D eigenvalue weighted by Gasteiger charge is -2.25. The molecule has 0 atom stereocenters. The highest BCUT2D eigenvalue weighted by Crippen LogP contribution is 2.46. The molecule has 4 aromatic rings. The summed E-state index contributed by atoms with van der Waals surface area (Å²) in [6.07, 6.45) is 0. The molecule has 0 aliphatic heterocycles. The van der Waals surface area contributed by atoms with Crippen LogP contribution in [-0.4, -0.2) is 0 Å². The molecule has 0 fully saturated rings. The summed E-state index contributed by atoms with van der Waals surface area (Å²) in [7, 11) is 0. The third-order valence-electron chi connectivity index (χ3n) is 7.12. The van der Waals surface area contributed by atoms with Crippen molar-refractivity contribution in [2.24, 2.45) is 0 Å². The van der Waals surface area contributed by atoms with Crippen molar-refractivity contribution < 1.29 is 0 Å². The molecule has 0 radical (unpaired) electrons. The van der Waals surface area contributed by atoms with E-state index in [1.807, 2.05) is 0 Å². The molecular weight excluding hydrogens is 300 g/mol. The molecule has 0 nitrogen and oxygen atoms in total. The molecule has 4 aromatic carbocycles. The molecule has 0 spiro atoms. The van der Waals surface area contributed by atoms with Gasteiger partial charge in [0.1, 0.15) is 0 Å². The highest BCUT2D eigenvalue weighted by atomic mass is 14.3. The molecule has 0 unspecified atom stereocenters. The van der Waals surface area contributed by atoms with E-state index in [1.165, 1.54) is 82.4 Å². The molecule has 0 N–H and O–H groups in total. The molecule has 25 heavy (non-hydrogen) atoms. The summed E-state index contributed by atoms with van der Waals surface area (Å²) >= 11 is 0. The maximum Gasteiger partial charge on any atom is -0.00155 e. The van der Waals surface area contributed by atoms with E-state index >= 15 is 0 Å². The first-order valence-electron chi connectivity index (χ1n) is 9.33. The van der Waals surface area contributed by atoms with E-state index in [2.05, 4.69) is 68.4 Å². The van der Waals surface area contributed by atoms with E-state index in [4.69, 9.17) is 0 Å². The van der Waals surface area contributed by atoms with Gasteiger partial charge in [-0.25, -0.2) is 0 Å². The van der Waals surface area contributed by atoms with Crippen LogP contribution in [0.4, 0.5) is 0 Å². The van der Waals surface area contributed by atoms with Crippen molar-refractivity contribution in [2.45, 2.75) is 62.3 Å². The lowest BCUT2D eigenvalue weighted by Crippen LogP contribution is -2.02. The van der Waals surface area contributed by atoms with Gasteiger partial charge in [0, 0.05) is 0 Å². The van der Waals surface area contributed by atoms with Crippen molar-refractivity contribution in [3.8, 4) is 0 Å². The summed E-state index contributed by atoms with van der Waals surface area (Å²) in [5.41, 5.74) is 13.0. The van der Waals surface area contributed by atoms with Crippen molar-refractivity contribution >= 4 is 32.3 Å². The third-order valence-corrected chi connectivity index (χ3v) is 7.12. The summed E-state index contributed by atoms with van der Waals surface area (Å²) in [5.74, 6) is 0. The zero-order valence-electron chi connectivity index (χ0n) is 17.1. The first-order chi connectivity index (χ1) is 11.7. The lowest BCUT2D eigenvalue weighted by molar-refractivity contribution is 1.27. The minimum absolute atomic E-state index is 1.41. The highest BCUT2D eigenvalue weighted by molar-refractivity contribution is 6.28. The van der Waals surface area contributed by atoms with E-state index in [9.17, 15) is 0 Å². The van der Waals surface area contributed by atoms with E-state index in [0.717, 1.165) is 0 Å². The fraction of sp³-hybridized carbons (Fsp3) is 0.360. The lowest BCUT2D eigenvalue weighted by atomic mass is 9.78. The van der Waals surface area contributed by atoms with Crippen molar-refractivity contribution in [2.75, 3.05) is 0 Å². The summed E-state index contributed by atoms with van der Waals surface area (Å²) in [5, 5.41) is 8.88. The van der Waals surface area contributed by atoms with Crippen LogP contribution >= 0.6 is 0 Å². The van der Waals surface area contributed by atoms with Crippen molar-refractivity contribution in [3.05, 3.63) is 56.1 Å². The van der Waals surface area contributed by atoms with Gasteiger partial charge in [0.2, 0.25) is 0 Å². The smallest absolute Gasteiger partial charge is 0.00155 e. The van der Waals surface area contributed by atoms with E-state index in [-0.39, 0.29) is 0 Å². The molecule has 0 bridgehead atoms. The Morgan fingerprint density at radius 2 is 0.760 bits per heavy atom. The van der Waals surface area contributed by atoms with Gasteiger partial charge in [-0.1, -0.05) is 6.07 Å². The Balaban J connectivity index is 2.58. The molecule has 4 rings (SSSR count). The Morgan fingerprint density at radius 1 is 0.360 bits per heavy atom. The van der Waals surface area contributed by atoms with Gasteiger partial charge in [-0.05, 0) is 145 Å². The summed E-state index contributed by atoms with van der Waals surface area (Å²) in [6, 6.07) is 2.43. The molecule has 0 saturated heterocycles. The number of hydrogen-bond acceptors (Lipinski definition) is 0. The van der Waals surface area contributed by atoms with Crippen molar-refractivity contribution in [3.63, 3.8) is 0 Å². The Kier molecular flexibility index (Phi) is 3.26. The van der Waals surface area contributed by atoms with E-state index in [0.29, 0.717) is 0 Å². The van der Waals surface area contributed by atoms with Crippen LogP contribution in [0.25, 0.3) is 32.3 Å². The van der Waals surface area contributed by atoms with E-state index < -0.39 is 0 Å². The number of rotatable bonds is 0. The predicted octanol–water partition coefficient (Wildman–Crippen LogP) is 7.36. The topological polar surface area (TPSA) is 0 Å². The van der Waals surface area contributed by atoms with Crippen molar-refractivity contribution in [1.29, 1.82) is 0 Å².